The Morgan fingerprint density at radius 1 is 1.04 bits per heavy atom. The summed E-state index contributed by atoms with van der Waals surface area (Å²) in [6.07, 6.45) is 0.536. The van der Waals surface area contributed by atoms with E-state index < -0.39 is 39.6 Å². The van der Waals surface area contributed by atoms with Crippen molar-refractivity contribution >= 4 is 51.0 Å². The smallest absolute Gasteiger partial charge is 0.407 e. The van der Waals surface area contributed by atoms with Gasteiger partial charge in [0, 0.05) is 75.3 Å². The van der Waals surface area contributed by atoms with Gasteiger partial charge in [0.05, 0.1) is 10.9 Å². The predicted octanol–water partition coefficient (Wildman–Crippen LogP) is 3.85. The van der Waals surface area contributed by atoms with Crippen molar-refractivity contribution in [2.75, 3.05) is 55.6 Å². The van der Waals surface area contributed by atoms with Crippen molar-refractivity contribution in [3.8, 4) is 0 Å². The summed E-state index contributed by atoms with van der Waals surface area (Å²) in [5.41, 5.74) is 5.01. The molecule has 51 heavy (non-hydrogen) atoms. The number of nitrogens with one attached hydrogen (secondary N) is 2. The standard InChI is InChI=1S/C34H46ClF2N7O6S/c1-33(2,3)50-32(47)40-25-20-30(45)44(21-25)26-8-10-27(11-9-26)51(48,49)43-16-14-42(15-17-43)29-19-24(18-28(35)41-29)34(36,37)23-6-4-22(5-7-23)31(46)39-13-12-38/h8-11,18-19,22-23,25H,4-7,12-17,20-21,38H2,1-3H3,(H,39,46)(H,40,47)/t22?,23?,25-/m1/s1. The summed E-state index contributed by atoms with van der Waals surface area (Å²) in [5.74, 6) is -4.61. The van der Waals surface area contributed by atoms with Gasteiger partial charge in [-0.25, -0.2) is 27.0 Å². The van der Waals surface area contributed by atoms with Gasteiger partial charge in [-0.05, 0) is 82.9 Å². The largest absolute Gasteiger partial charge is 0.444 e. The highest BCUT2D eigenvalue weighted by atomic mass is 35.5. The second-order valence-corrected chi connectivity index (χ2v) is 16.5. The first-order valence-electron chi connectivity index (χ1n) is 17.2. The van der Waals surface area contributed by atoms with Gasteiger partial charge in [-0.15, -0.1) is 0 Å². The highest BCUT2D eigenvalue weighted by Gasteiger charge is 2.44. The molecule has 1 atom stereocenters. The zero-order valence-electron chi connectivity index (χ0n) is 29.0. The van der Waals surface area contributed by atoms with E-state index in [1.54, 1.807) is 37.8 Å². The lowest BCUT2D eigenvalue weighted by molar-refractivity contribution is -0.129. The molecule has 0 bridgehead atoms. The van der Waals surface area contributed by atoms with Crippen LogP contribution in [0.3, 0.4) is 0 Å². The number of alkyl halides is 2. The van der Waals surface area contributed by atoms with E-state index in [2.05, 4.69) is 15.6 Å². The minimum absolute atomic E-state index is 0.0455. The van der Waals surface area contributed by atoms with Crippen molar-refractivity contribution in [1.82, 2.24) is 19.9 Å². The summed E-state index contributed by atoms with van der Waals surface area (Å²) < 4.78 is 65.3. The summed E-state index contributed by atoms with van der Waals surface area (Å²) in [6.45, 7) is 6.68. The topological polar surface area (TPSA) is 167 Å². The third kappa shape index (κ3) is 9.26. The van der Waals surface area contributed by atoms with Gasteiger partial charge < -0.3 is 30.9 Å². The number of nitrogens with zero attached hydrogens (tertiary/aromatic N) is 4. The number of amides is 3. The van der Waals surface area contributed by atoms with E-state index in [1.807, 2.05) is 0 Å². The number of rotatable bonds is 10. The van der Waals surface area contributed by atoms with Gasteiger partial charge in [0.2, 0.25) is 21.8 Å². The number of benzene rings is 1. The van der Waals surface area contributed by atoms with E-state index in [1.165, 1.54) is 33.5 Å². The zero-order valence-corrected chi connectivity index (χ0v) is 30.6. The summed E-state index contributed by atoms with van der Waals surface area (Å²) >= 11 is 6.24. The number of nitrogens with two attached hydrogens (primary N) is 1. The molecule has 13 nitrogen and oxygen atoms in total. The lowest BCUT2D eigenvalue weighted by atomic mass is 9.77. The van der Waals surface area contributed by atoms with Crippen LogP contribution < -0.4 is 26.2 Å². The number of pyridine rings is 1. The molecular formula is C34H46ClF2N7O6S. The third-order valence-electron chi connectivity index (χ3n) is 9.41. The Kier molecular flexibility index (Phi) is 11.8. The molecule has 4 N–H and O–H groups in total. The van der Waals surface area contributed by atoms with E-state index in [4.69, 9.17) is 22.1 Å². The third-order valence-corrected chi connectivity index (χ3v) is 11.5. The fourth-order valence-electron chi connectivity index (χ4n) is 6.76. The molecule has 0 radical (unpaired) electrons. The van der Waals surface area contributed by atoms with Crippen molar-refractivity contribution < 1.29 is 36.3 Å². The fraction of sp³-hybridized carbons (Fsp3) is 0.588. The summed E-state index contributed by atoms with van der Waals surface area (Å²) in [4.78, 5) is 44.7. The van der Waals surface area contributed by atoms with Crippen molar-refractivity contribution in [3.05, 3.63) is 47.1 Å². The van der Waals surface area contributed by atoms with Crippen molar-refractivity contribution in [1.29, 1.82) is 0 Å². The highest BCUT2D eigenvalue weighted by Crippen LogP contribution is 2.46. The number of anilines is 2. The quantitative estimate of drug-likeness (QED) is 0.306. The minimum atomic E-state index is -3.91. The van der Waals surface area contributed by atoms with E-state index in [9.17, 15) is 22.8 Å². The molecule has 0 spiro atoms. The Bertz CT molecular complexity index is 1690. The summed E-state index contributed by atoms with van der Waals surface area (Å²) in [7, 11) is -3.91. The fourth-order valence-corrected chi connectivity index (χ4v) is 8.39. The lowest BCUT2D eigenvalue weighted by Crippen LogP contribution is -2.49. The SMILES string of the molecule is CC(C)(C)OC(=O)N[C@@H]1CC(=O)N(c2ccc(S(=O)(=O)N3CCN(c4cc(C(F)(F)C5CCC(C(=O)NCCN)CC5)cc(Cl)n4)CC3)cc2)C1. The Balaban J connectivity index is 1.18. The van der Waals surface area contributed by atoms with Crippen LogP contribution in [0.1, 0.15) is 58.4 Å². The van der Waals surface area contributed by atoms with Crippen LogP contribution in [-0.4, -0.2) is 93.1 Å². The van der Waals surface area contributed by atoms with Crippen LogP contribution >= 0.6 is 11.6 Å². The van der Waals surface area contributed by atoms with Crippen molar-refractivity contribution in [2.24, 2.45) is 17.6 Å². The number of hydrogen-bond donors (Lipinski definition) is 3. The molecule has 3 aliphatic rings. The lowest BCUT2D eigenvalue weighted by Gasteiger charge is -2.36. The second-order valence-electron chi connectivity index (χ2n) is 14.2. The summed E-state index contributed by atoms with van der Waals surface area (Å²) in [5, 5.41) is 5.35. The van der Waals surface area contributed by atoms with Gasteiger partial charge in [-0.1, -0.05) is 11.6 Å². The van der Waals surface area contributed by atoms with Crippen LogP contribution in [0.4, 0.5) is 25.1 Å². The predicted molar refractivity (Wildman–Crippen MR) is 188 cm³/mol. The normalized spacial score (nSPS) is 22.2. The van der Waals surface area contributed by atoms with Gasteiger partial charge in [-0.3, -0.25) is 9.59 Å². The molecule has 2 aliphatic heterocycles. The van der Waals surface area contributed by atoms with Gasteiger partial charge in [-0.2, -0.15) is 4.31 Å². The minimum Gasteiger partial charge on any atom is -0.444 e. The molecule has 17 heteroatoms. The molecule has 1 saturated carbocycles. The van der Waals surface area contributed by atoms with Crippen LogP contribution in [0.25, 0.3) is 0 Å². The maximum absolute atomic E-state index is 15.8. The maximum atomic E-state index is 15.8. The van der Waals surface area contributed by atoms with E-state index >= 15 is 8.78 Å². The number of piperazine rings is 1. The van der Waals surface area contributed by atoms with Crippen LogP contribution in [0.2, 0.25) is 5.15 Å². The number of hydrogen-bond acceptors (Lipinski definition) is 9. The second kappa shape index (κ2) is 15.6. The van der Waals surface area contributed by atoms with E-state index in [-0.39, 0.29) is 91.1 Å². The molecule has 3 heterocycles. The van der Waals surface area contributed by atoms with Crippen LogP contribution in [0.5, 0.6) is 0 Å². The number of halogens is 3. The van der Waals surface area contributed by atoms with Crippen LogP contribution in [0, 0.1) is 11.8 Å². The number of ether oxygens (including phenoxy) is 1. The molecule has 3 fully saturated rings. The number of aromatic nitrogens is 1. The number of sulfonamides is 1. The average molecular weight is 754 g/mol. The Labute approximate surface area is 302 Å². The first-order valence-corrected chi connectivity index (χ1v) is 19.0. The molecule has 2 saturated heterocycles. The van der Waals surface area contributed by atoms with Crippen LogP contribution in [0.15, 0.2) is 41.3 Å². The summed E-state index contributed by atoms with van der Waals surface area (Å²) in [6, 6.07) is 8.02. The molecule has 1 aliphatic carbocycles. The number of carbonyl (C=O) groups excluding carboxylic acids is 3. The van der Waals surface area contributed by atoms with Gasteiger partial charge in [0.25, 0.3) is 5.92 Å². The average Bonchev–Trinajstić information content (AvgIpc) is 3.45. The Morgan fingerprint density at radius 2 is 1.69 bits per heavy atom. The van der Waals surface area contributed by atoms with Gasteiger partial charge in [0.1, 0.15) is 16.6 Å². The maximum Gasteiger partial charge on any atom is 0.407 e. The molecule has 2 aromatic rings. The molecular weight excluding hydrogens is 708 g/mol. The van der Waals surface area contributed by atoms with Crippen LogP contribution in [-0.2, 0) is 30.3 Å². The Morgan fingerprint density at radius 3 is 2.29 bits per heavy atom. The molecule has 0 unspecified atom stereocenters. The van der Waals surface area contributed by atoms with E-state index in [0.29, 0.717) is 31.6 Å². The molecule has 3 amide bonds. The molecule has 1 aromatic carbocycles. The Hall–Kier alpha value is -3.60. The molecule has 280 valence electrons. The van der Waals surface area contributed by atoms with Crippen molar-refractivity contribution in [2.45, 2.75) is 75.3 Å². The first-order chi connectivity index (χ1) is 24.0. The van der Waals surface area contributed by atoms with Gasteiger partial charge >= 0.3 is 6.09 Å². The number of carbonyl (C=O) groups is 3. The number of alkyl carbamates (subject to hydrolysis) is 1. The zero-order chi connectivity index (χ0) is 37.1. The van der Waals surface area contributed by atoms with Crippen molar-refractivity contribution in [3.63, 3.8) is 0 Å². The van der Waals surface area contributed by atoms with Gasteiger partial charge in [0.15, 0.2) is 0 Å². The first kappa shape index (κ1) is 38.6. The molecule has 5 rings (SSSR count). The monoisotopic (exact) mass is 753 g/mol. The van der Waals surface area contributed by atoms with E-state index in [0.717, 1.165) is 0 Å². The highest BCUT2D eigenvalue weighted by molar-refractivity contribution is 7.89. The molecule has 1 aromatic heterocycles.